The number of nitrogens with one attached hydrogen (secondary N) is 1. The number of carbonyl (C=O) groups is 2. The molecular weight excluding hydrogens is 344 g/mol. The first-order valence-electron chi connectivity index (χ1n) is 8.90. The lowest BCUT2D eigenvalue weighted by Gasteiger charge is -2.24. The summed E-state index contributed by atoms with van der Waals surface area (Å²) in [7, 11) is 0. The molecule has 1 atom stereocenters. The van der Waals surface area contributed by atoms with Crippen LogP contribution >= 0.6 is 11.8 Å². The Bertz CT molecular complexity index is 759. The standard InChI is InChI=1S/C21H24N2O2S/c1-15(2)22-20(25)17-8-10-18(11-9-17)21-23(19(24)14-26-21)13-12-16-6-4-3-5-7-16/h3-11,15,21H,12-14H2,1-2H3,(H,22,25)/t21-/m0/s1. The number of hydrogen-bond donors (Lipinski definition) is 1. The number of thioether (sulfide) groups is 1. The van der Waals surface area contributed by atoms with E-state index in [1.54, 1.807) is 11.8 Å². The van der Waals surface area contributed by atoms with Gasteiger partial charge in [0.1, 0.15) is 5.37 Å². The fourth-order valence-electron chi connectivity index (χ4n) is 3.01. The van der Waals surface area contributed by atoms with E-state index in [-0.39, 0.29) is 23.2 Å². The predicted octanol–water partition coefficient (Wildman–Crippen LogP) is 3.64. The predicted molar refractivity (Wildman–Crippen MR) is 106 cm³/mol. The molecule has 5 heteroatoms. The molecule has 2 aromatic carbocycles. The van der Waals surface area contributed by atoms with Crippen molar-refractivity contribution >= 4 is 23.6 Å². The lowest BCUT2D eigenvalue weighted by molar-refractivity contribution is -0.128. The molecule has 1 aliphatic heterocycles. The van der Waals surface area contributed by atoms with Gasteiger partial charge in [-0.25, -0.2) is 0 Å². The van der Waals surface area contributed by atoms with Crippen LogP contribution in [-0.2, 0) is 11.2 Å². The molecule has 2 amide bonds. The van der Waals surface area contributed by atoms with Gasteiger partial charge in [-0.2, -0.15) is 0 Å². The zero-order valence-electron chi connectivity index (χ0n) is 15.1. The minimum atomic E-state index is -0.0670. The molecule has 0 spiro atoms. The van der Waals surface area contributed by atoms with E-state index in [0.717, 1.165) is 12.0 Å². The van der Waals surface area contributed by atoms with Gasteiger partial charge in [0, 0.05) is 18.2 Å². The minimum Gasteiger partial charge on any atom is -0.350 e. The van der Waals surface area contributed by atoms with Crippen molar-refractivity contribution in [2.75, 3.05) is 12.3 Å². The summed E-state index contributed by atoms with van der Waals surface area (Å²) in [5.74, 6) is 0.620. The van der Waals surface area contributed by atoms with E-state index in [2.05, 4.69) is 17.4 Å². The average Bonchev–Trinajstić information content (AvgIpc) is 3.01. The minimum absolute atomic E-state index is 0.0217. The third-order valence-corrected chi connectivity index (χ3v) is 5.59. The van der Waals surface area contributed by atoms with Crippen molar-refractivity contribution in [2.24, 2.45) is 0 Å². The van der Waals surface area contributed by atoms with Crippen molar-refractivity contribution in [3.05, 3.63) is 71.3 Å². The van der Waals surface area contributed by atoms with Crippen molar-refractivity contribution in [1.29, 1.82) is 0 Å². The summed E-state index contributed by atoms with van der Waals surface area (Å²) in [6.07, 6.45) is 0.846. The van der Waals surface area contributed by atoms with Gasteiger partial charge in [0.25, 0.3) is 5.91 Å². The smallest absolute Gasteiger partial charge is 0.251 e. The third-order valence-electron chi connectivity index (χ3n) is 4.33. The summed E-state index contributed by atoms with van der Waals surface area (Å²) >= 11 is 1.65. The SMILES string of the molecule is CC(C)NC(=O)c1ccc([C@@H]2SCC(=O)N2CCc2ccccc2)cc1. The molecule has 1 N–H and O–H groups in total. The van der Waals surface area contributed by atoms with E-state index in [9.17, 15) is 9.59 Å². The second kappa shape index (κ2) is 8.41. The molecule has 0 saturated carbocycles. The molecule has 0 bridgehead atoms. The van der Waals surface area contributed by atoms with Crippen LogP contribution < -0.4 is 5.32 Å². The summed E-state index contributed by atoms with van der Waals surface area (Å²) in [5.41, 5.74) is 2.94. The summed E-state index contributed by atoms with van der Waals surface area (Å²) in [6, 6.07) is 17.9. The fraction of sp³-hybridized carbons (Fsp3) is 0.333. The van der Waals surface area contributed by atoms with E-state index in [1.807, 2.05) is 61.2 Å². The lowest BCUT2D eigenvalue weighted by Crippen LogP contribution is -2.31. The first-order valence-corrected chi connectivity index (χ1v) is 9.95. The third kappa shape index (κ3) is 4.47. The van der Waals surface area contributed by atoms with Crippen molar-refractivity contribution in [3.63, 3.8) is 0 Å². The fourth-order valence-corrected chi connectivity index (χ4v) is 4.23. The van der Waals surface area contributed by atoms with Crippen LogP contribution in [0, 0.1) is 0 Å². The van der Waals surface area contributed by atoms with E-state index < -0.39 is 0 Å². The highest BCUT2D eigenvalue weighted by molar-refractivity contribution is 8.00. The first kappa shape index (κ1) is 18.5. The topological polar surface area (TPSA) is 49.4 Å². The van der Waals surface area contributed by atoms with Crippen LogP contribution in [-0.4, -0.2) is 35.1 Å². The number of amides is 2. The van der Waals surface area contributed by atoms with Gasteiger partial charge < -0.3 is 10.2 Å². The van der Waals surface area contributed by atoms with Crippen LogP contribution in [0.3, 0.4) is 0 Å². The Kier molecular flexibility index (Phi) is 5.99. The van der Waals surface area contributed by atoms with Crippen LogP contribution in [0.1, 0.15) is 40.7 Å². The molecule has 1 aliphatic rings. The van der Waals surface area contributed by atoms with Crippen molar-refractivity contribution in [1.82, 2.24) is 10.2 Å². The van der Waals surface area contributed by atoms with Gasteiger partial charge >= 0.3 is 0 Å². The highest BCUT2D eigenvalue weighted by atomic mass is 32.2. The zero-order valence-corrected chi connectivity index (χ0v) is 16.0. The van der Waals surface area contributed by atoms with Crippen molar-refractivity contribution in [3.8, 4) is 0 Å². The van der Waals surface area contributed by atoms with Crippen LogP contribution in [0.5, 0.6) is 0 Å². The second-order valence-corrected chi connectivity index (χ2v) is 7.80. The summed E-state index contributed by atoms with van der Waals surface area (Å²) in [4.78, 5) is 26.3. The molecule has 136 valence electrons. The number of rotatable bonds is 6. The molecule has 1 fully saturated rings. The Balaban J connectivity index is 1.68. The van der Waals surface area contributed by atoms with Crippen LogP contribution in [0.15, 0.2) is 54.6 Å². The summed E-state index contributed by atoms with van der Waals surface area (Å²) in [6.45, 7) is 4.59. The van der Waals surface area contributed by atoms with Gasteiger partial charge in [0.2, 0.25) is 5.91 Å². The van der Waals surface area contributed by atoms with Gasteiger partial charge in [-0.1, -0.05) is 42.5 Å². The number of carbonyl (C=O) groups excluding carboxylic acids is 2. The Labute approximate surface area is 159 Å². The van der Waals surface area contributed by atoms with Crippen LogP contribution in [0.4, 0.5) is 0 Å². The Hall–Kier alpha value is -2.27. The molecule has 0 radical (unpaired) electrons. The lowest BCUT2D eigenvalue weighted by atomic mass is 10.1. The molecule has 0 aromatic heterocycles. The van der Waals surface area contributed by atoms with E-state index in [4.69, 9.17) is 0 Å². The normalized spacial score (nSPS) is 17.0. The Morgan fingerprint density at radius 1 is 1.15 bits per heavy atom. The van der Waals surface area contributed by atoms with E-state index in [0.29, 0.717) is 17.9 Å². The van der Waals surface area contributed by atoms with Crippen LogP contribution in [0.25, 0.3) is 0 Å². The maximum atomic E-state index is 12.3. The molecule has 4 nitrogen and oxygen atoms in total. The monoisotopic (exact) mass is 368 g/mol. The van der Waals surface area contributed by atoms with Crippen LogP contribution in [0.2, 0.25) is 0 Å². The Morgan fingerprint density at radius 3 is 2.50 bits per heavy atom. The molecule has 0 aliphatic carbocycles. The summed E-state index contributed by atoms with van der Waals surface area (Å²) in [5, 5.41) is 2.92. The summed E-state index contributed by atoms with van der Waals surface area (Å²) < 4.78 is 0. The van der Waals surface area contributed by atoms with Gasteiger partial charge in [-0.3, -0.25) is 9.59 Å². The highest BCUT2D eigenvalue weighted by Gasteiger charge is 2.32. The largest absolute Gasteiger partial charge is 0.350 e. The van der Waals surface area contributed by atoms with Gasteiger partial charge in [-0.05, 0) is 43.5 Å². The average molecular weight is 369 g/mol. The Morgan fingerprint density at radius 2 is 1.85 bits per heavy atom. The molecular formula is C21H24N2O2S. The maximum Gasteiger partial charge on any atom is 0.251 e. The molecule has 3 rings (SSSR count). The maximum absolute atomic E-state index is 12.3. The van der Waals surface area contributed by atoms with Crippen molar-refractivity contribution < 1.29 is 9.59 Å². The first-order chi connectivity index (χ1) is 12.5. The quantitative estimate of drug-likeness (QED) is 0.847. The van der Waals surface area contributed by atoms with Gasteiger partial charge in [0.05, 0.1) is 5.75 Å². The van der Waals surface area contributed by atoms with E-state index in [1.165, 1.54) is 5.56 Å². The molecule has 26 heavy (non-hydrogen) atoms. The van der Waals surface area contributed by atoms with Gasteiger partial charge in [0.15, 0.2) is 0 Å². The molecule has 1 saturated heterocycles. The molecule has 2 aromatic rings. The van der Waals surface area contributed by atoms with Crippen molar-refractivity contribution in [2.45, 2.75) is 31.7 Å². The molecule has 0 unspecified atom stereocenters. The highest BCUT2D eigenvalue weighted by Crippen LogP contribution is 2.38. The second-order valence-electron chi connectivity index (χ2n) is 6.74. The molecule has 1 heterocycles. The number of benzene rings is 2. The number of nitrogens with zero attached hydrogens (tertiary/aromatic N) is 1. The van der Waals surface area contributed by atoms with E-state index >= 15 is 0 Å². The van der Waals surface area contributed by atoms with Gasteiger partial charge in [-0.15, -0.1) is 11.8 Å². The zero-order chi connectivity index (χ0) is 18.5. The number of hydrogen-bond acceptors (Lipinski definition) is 3.